The lowest BCUT2D eigenvalue weighted by Crippen LogP contribution is -2.54. The Morgan fingerprint density at radius 3 is 2.10 bits per heavy atom. The second-order valence-electron chi connectivity index (χ2n) is 7.72. The number of aryl methyl sites for hydroxylation is 2. The summed E-state index contributed by atoms with van der Waals surface area (Å²) in [6, 6.07) is 8.22. The van der Waals surface area contributed by atoms with Crippen molar-refractivity contribution in [2.24, 2.45) is 0 Å². The van der Waals surface area contributed by atoms with Gasteiger partial charge in [0.25, 0.3) is 0 Å². The molecule has 0 spiro atoms. The van der Waals surface area contributed by atoms with E-state index >= 15 is 0 Å². The van der Waals surface area contributed by atoms with Gasteiger partial charge < -0.3 is 20.2 Å². The molecule has 0 radical (unpaired) electrons. The van der Waals surface area contributed by atoms with Gasteiger partial charge in [-0.3, -0.25) is 9.32 Å². The number of benzene rings is 1. The number of aliphatic hydroxyl groups excluding tert-OH is 1. The smallest absolute Gasteiger partial charge is 0.394 e. The van der Waals surface area contributed by atoms with Gasteiger partial charge in [-0.05, 0) is 36.8 Å². The van der Waals surface area contributed by atoms with E-state index in [4.69, 9.17) is 9.79 Å². The fourth-order valence-corrected chi connectivity index (χ4v) is 3.70. The first-order valence-electron chi connectivity index (χ1n) is 10.4. The number of carbonyl (C=O) groups is 1. The van der Waals surface area contributed by atoms with Gasteiger partial charge in [-0.2, -0.15) is 0 Å². The van der Waals surface area contributed by atoms with Crippen molar-refractivity contribution < 1.29 is 28.8 Å². The van der Waals surface area contributed by atoms with Gasteiger partial charge in [-0.15, -0.1) is 0 Å². The van der Waals surface area contributed by atoms with E-state index in [9.17, 15) is 14.5 Å². The Kier molecular flexibility index (Phi) is 11.7. The Balaban J connectivity index is 2.58. The van der Waals surface area contributed by atoms with Crippen LogP contribution >= 0.6 is 7.82 Å². The van der Waals surface area contributed by atoms with Crippen LogP contribution < -0.4 is 5.32 Å². The lowest BCUT2D eigenvalue weighted by Gasteiger charge is -2.32. The average Bonchev–Trinajstić information content (AvgIpc) is 2.67. The summed E-state index contributed by atoms with van der Waals surface area (Å²) in [5.74, 6) is -0.400. The summed E-state index contributed by atoms with van der Waals surface area (Å²) in [5.41, 5.74) is 1.06. The van der Waals surface area contributed by atoms with E-state index in [0.29, 0.717) is 12.8 Å². The molecule has 1 aromatic carbocycles. The Bertz CT molecular complexity index is 645. The van der Waals surface area contributed by atoms with Crippen LogP contribution in [-0.4, -0.2) is 39.6 Å². The fraction of sp³-hybridized carbons (Fsp3) is 0.667. The van der Waals surface area contributed by atoms with Crippen LogP contribution in [0.4, 0.5) is 0 Å². The highest BCUT2D eigenvalue weighted by Crippen LogP contribution is 2.37. The summed E-state index contributed by atoms with van der Waals surface area (Å²) >= 11 is 0. The lowest BCUT2D eigenvalue weighted by molar-refractivity contribution is -0.122. The van der Waals surface area contributed by atoms with Crippen LogP contribution in [0.3, 0.4) is 0 Å². The summed E-state index contributed by atoms with van der Waals surface area (Å²) in [6.45, 7) is 2.55. The number of hydrogen-bond donors (Lipinski definition) is 4. The molecule has 4 N–H and O–H groups in total. The highest BCUT2D eigenvalue weighted by molar-refractivity contribution is 7.46. The predicted molar refractivity (Wildman–Crippen MR) is 113 cm³/mol. The SMILES string of the molecule is CCCCCCCCc1ccc(CCC(CO)(COP(=O)(O)O)NC(C)=O)cc1. The molecule has 8 heteroatoms. The van der Waals surface area contributed by atoms with Crippen LogP contribution in [-0.2, 0) is 26.7 Å². The molecule has 1 unspecified atom stereocenters. The van der Waals surface area contributed by atoms with Crippen molar-refractivity contribution in [3.63, 3.8) is 0 Å². The predicted octanol–water partition coefficient (Wildman–Crippen LogP) is 3.50. The minimum Gasteiger partial charge on any atom is -0.394 e. The van der Waals surface area contributed by atoms with Gasteiger partial charge in [0.1, 0.15) is 0 Å². The van der Waals surface area contributed by atoms with Gasteiger partial charge in [0, 0.05) is 6.92 Å². The van der Waals surface area contributed by atoms with Crippen LogP contribution in [0.15, 0.2) is 24.3 Å². The third-order valence-corrected chi connectivity index (χ3v) is 5.45. The number of unbranched alkanes of at least 4 members (excludes halogenated alkanes) is 5. The van der Waals surface area contributed by atoms with Gasteiger partial charge >= 0.3 is 7.82 Å². The Morgan fingerprint density at radius 1 is 1.03 bits per heavy atom. The van der Waals surface area contributed by atoms with Crippen LogP contribution in [0, 0.1) is 0 Å². The molecule has 0 aromatic heterocycles. The van der Waals surface area contributed by atoms with Gasteiger partial charge in [0.15, 0.2) is 0 Å². The Morgan fingerprint density at radius 2 is 1.59 bits per heavy atom. The maximum Gasteiger partial charge on any atom is 0.469 e. The Labute approximate surface area is 174 Å². The minimum absolute atomic E-state index is 0.292. The van der Waals surface area contributed by atoms with E-state index in [0.717, 1.165) is 12.0 Å². The van der Waals surface area contributed by atoms with Crippen molar-refractivity contribution in [1.82, 2.24) is 5.32 Å². The molecular formula is C21H36NO6P. The Hall–Kier alpha value is -1.24. The van der Waals surface area contributed by atoms with Crippen LogP contribution in [0.25, 0.3) is 0 Å². The van der Waals surface area contributed by atoms with Crippen LogP contribution in [0.5, 0.6) is 0 Å². The molecule has 0 aliphatic rings. The zero-order chi connectivity index (χ0) is 21.8. The third kappa shape index (κ3) is 11.5. The number of hydrogen-bond acceptors (Lipinski definition) is 4. The molecule has 1 amide bonds. The standard InChI is InChI=1S/C21H36NO6P/c1-3-4-5-6-7-8-9-19-10-12-20(13-11-19)14-15-21(16-23,22-18(2)24)17-28-29(25,26)27/h10-13,23H,3-9,14-17H2,1-2H3,(H,22,24)(H2,25,26,27). The maximum absolute atomic E-state index is 11.5. The van der Waals surface area contributed by atoms with Gasteiger partial charge in [0.2, 0.25) is 5.91 Å². The maximum atomic E-state index is 11.5. The van der Waals surface area contributed by atoms with Crippen molar-refractivity contribution in [3.05, 3.63) is 35.4 Å². The van der Waals surface area contributed by atoms with E-state index in [1.165, 1.54) is 51.0 Å². The number of phosphoric acid groups is 1. The number of aliphatic hydroxyl groups is 1. The van der Waals surface area contributed by atoms with Crippen LogP contribution in [0.1, 0.15) is 69.9 Å². The molecule has 0 saturated carbocycles. The van der Waals surface area contributed by atoms with Gasteiger partial charge in [-0.25, -0.2) is 4.57 Å². The monoisotopic (exact) mass is 429 g/mol. The molecule has 0 heterocycles. The van der Waals surface area contributed by atoms with E-state index in [1.807, 2.05) is 12.1 Å². The molecule has 1 rings (SSSR count). The summed E-state index contributed by atoms with van der Waals surface area (Å²) in [6.07, 6.45) is 9.46. The summed E-state index contributed by atoms with van der Waals surface area (Å²) in [4.78, 5) is 29.4. The van der Waals surface area contributed by atoms with E-state index in [-0.39, 0.29) is 0 Å². The van der Waals surface area contributed by atoms with Crippen molar-refractivity contribution in [2.45, 2.75) is 77.2 Å². The lowest BCUT2D eigenvalue weighted by atomic mass is 9.92. The quantitative estimate of drug-likeness (QED) is 0.251. The summed E-state index contributed by atoms with van der Waals surface area (Å²) in [5, 5.41) is 12.4. The number of carbonyl (C=O) groups excluding carboxylic acids is 1. The van der Waals surface area contributed by atoms with Gasteiger partial charge in [-0.1, -0.05) is 63.3 Å². The summed E-state index contributed by atoms with van der Waals surface area (Å²) in [7, 11) is -4.70. The molecule has 0 bridgehead atoms. The van der Waals surface area contributed by atoms with Crippen molar-refractivity contribution in [1.29, 1.82) is 0 Å². The van der Waals surface area contributed by atoms with Crippen molar-refractivity contribution in [2.75, 3.05) is 13.2 Å². The number of amides is 1. The molecule has 0 fully saturated rings. The van der Waals surface area contributed by atoms with Crippen molar-refractivity contribution >= 4 is 13.7 Å². The van der Waals surface area contributed by atoms with E-state index in [1.54, 1.807) is 0 Å². The molecule has 1 aromatic rings. The highest BCUT2D eigenvalue weighted by atomic mass is 31.2. The fourth-order valence-electron chi connectivity index (χ4n) is 3.28. The van der Waals surface area contributed by atoms with Gasteiger partial charge in [0.05, 0.1) is 18.8 Å². The molecule has 7 nitrogen and oxygen atoms in total. The topological polar surface area (TPSA) is 116 Å². The average molecular weight is 429 g/mol. The number of phosphoric ester groups is 1. The largest absolute Gasteiger partial charge is 0.469 e. The van der Waals surface area contributed by atoms with Crippen LogP contribution in [0.2, 0.25) is 0 Å². The second kappa shape index (κ2) is 13.1. The summed E-state index contributed by atoms with van der Waals surface area (Å²) < 4.78 is 15.6. The normalized spacial score (nSPS) is 13.8. The first kappa shape index (κ1) is 25.8. The molecule has 166 valence electrons. The van der Waals surface area contributed by atoms with Crippen molar-refractivity contribution in [3.8, 4) is 0 Å². The molecular weight excluding hydrogens is 393 g/mol. The molecule has 0 aliphatic heterocycles. The molecule has 1 atom stereocenters. The first-order valence-corrected chi connectivity index (χ1v) is 11.9. The highest BCUT2D eigenvalue weighted by Gasteiger charge is 2.33. The molecule has 29 heavy (non-hydrogen) atoms. The molecule has 0 aliphatic carbocycles. The minimum atomic E-state index is -4.70. The third-order valence-electron chi connectivity index (χ3n) is 4.99. The molecule has 0 saturated heterocycles. The van der Waals surface area contributed by atoms with E-state index < -0.39 is 32.5 Å². The zero-order valence-corrected chi connectivity index (χ0v) is 18.5. The first-order chi connectivity index (χ1) is 13.7. The number of nitrogens with one attached hydrogen (secondary N) is 1. The number of rotatable bonds is 15. The zero-order valence-electron chi connectivity index (χ0n) is 17.6. The van der Waals surface area contributed by atoms with E-state index in [2.05, 4.69) is 28.9 Å². The second-order valence-corrected chi connectivity index (χ2v) is 8.96.